The van der Waals surface area contributed by atoms with E-state index in [-0.39, 0.29) is 12.5 Å². The summed E-state index contributed by atoms with van der Waals surface area (Å²) in [6, 6.07) is 8.08. The largest absolute Gasteiger partial charge is 0.356 e. The molecule has 1 rings (SSSR count). The van der Waals surface area contributed by atoms with Crippen molar-refractivity contribution in [1.29, 1.82) is 0 Å². The number of likely N-dealkylation sites (N-methyl/N-ethyl adjacent to an activating group) is 1. The van der Waals surface area contributed by atoms with Crippen LogP contribution in [0.3, 0.4) is 0 Å². The smallest absolute Gasteiger partial charge is 0.241 e. The van der Waals surface area contributed by atoms with Crippen molar-refractivity contribution < 1.29 is 4.79 Å². The van der Waals surface area contributed by atoms with E-state index in [0.717, 1.165) is 23.0 Å². The number of nitrogens with one attached hydrogen (secondary N) is 2. The van der Waals surface area contributed by atoms with Gasteiger partial charge in [-0.15, -0.1) is 0 Å². The molecule has 0 fully saturated rings. The van der Waals surface area contributed by atoms with Crippen LogP contribution in [0, 0.1) is 5.92 Å². The Labute approximate surface area is 154 Å². The van der Waals surface area contributed by atoms with Gasteiger partial charge in [-0.25, -0.2) is 4.99 Å². The average molecular weight is 397 g/mol. The Morgan fingerprint density at radius 2 is 1.88 bits per heavy atom. The first-order chi connectivity index (χ1) is 11.4. The summed E-state index contributed by atoms with van der Waals surface area (Å²) in [5.41, 5.74) is 1.13. The van der Waals surface area contributed by atoms with E-state index >= 15 is 0 Å². The van der Waals surface area contributed by atoms with Crippen LogP contribution >= 0.6 is 15.9 Å². The molecule has 0 bridgehead atoms. The van der Waals surface area contributed by atoms with Gasteiger partial charge in [-0.05, 0) is 36.5 Å². The zero-order chi connectivity index (χ0) is 17.9. The lowest BCUT2D eigenvalue weighted by atomic mass is 10.1. The third-order valence-electron chi connectivity index (χ3n) is 3.49. The van der Waals surface area contributed by atoms with Crippen LogP contribution in [0.2, 0.25) is 0 Å². The van der Waals surface area contributed by atoms with Gasteiger partial charge in [0.25, 0.3) is 0 Å². The summed E-state index contributed by atoms with van der Waals surface area (Å²) in [5.74, 6) is 1.39. The number of halogens is 1. The molecular weight excluding hydrogens is 368 g/mol. The minimum atomic E-state index is 0.0234. The molecular formula is C18H29BrN4O. The highest BCUT2D eigenvalue weighted by Crippen LogP contribution is 2.11. The molecule has 0 aliphatic carbocycles. The summed E-state index contributed by atoms with van der Waals surface area (Å²) in [6.45, 7) is 6.10. The van der Waals surface area contributed by atoms with Crippen molar-refractivity contribution in [3.63, 3.8) is 0 Å². The molecule has 2 N–H and O–H groups in total. The summed E-state index contributed by atoms with van der Waals surface area (Å²) in [7, 11) is 3.50. The molecule has 0 aliphatic rings. The van der Waals surface area contributed by atoms with Crippen molar-refractivity contribution in [1.82, 2.24) is 15.5 Å². The van der Waals surface area contributed by atoms with Gasteiger partial charge >= 0.3 is 0 Å². The maximum Gasteiger partial charge on any atom is 0.241 e. The van der Waals surface area contributed by atoms with Crippen LogP contribution in [0.15, 0.2) is 33.7 Å². The summed E-state index contributed by atoms with van der Waals surface area (Å²) in [6.07, 6.45) is 2.25. The third kappa shape index (κ3) is 8.91. The van der Waals surface area contributed by atoms with E-state index in [1.807, 2.05) is 24.3 Å². The van der Waals surface area contributed by atoms with Crippen LogP contribution in [-0.4, -0.2) is 44.0 Å². The Bertz CT molecular complexity index is 526. The lowest BCUT2D eigenvalue weighted by Gasteiger charge is -2.15. The third-order valence-corrected chi connectivity index (χ3v) is 4.02. The number of amides is 1. The first-order valence-corrected chi connectivity index (χ1v) is 9.14. The Kier molecular flexibility index (Phi) is 9.45. The minimum absolute atomic E-state index is 0.0234. The zero-order valence-electron chi connectivity index (χ0n) is 15.1. The van der Waals surface area contributed by atoms with Crippen LogP contribution in [0.1, 0.15) is 32.3 Å². The van der Waals surface area contributed by atoms with Gasteiger partial charge in [-0.3, -0.25) is 4.79 Å². The number of carbonyl (C=O) groups is 1. The van der Waals surface area contributed by atoms with Gasteiger partial charge in [-0.1, -0.05) is 41.9 Å². The van der Waals surface area contributed by atoms with Crippen molar-refractivity contribution in [2.24, 2.45) is 10.9 Å². The molecule has 0 saturated heterocycles. The molecule has 24 heavy (non-hydrogen) atoms. The summed E-state index contributed by atoms with van der Waals surface area (Å²) in [4.78, 5) is 17.9. The maximum absolute atomic E-state index is 11.8. The van der Waals surface area contributed by atoms with E-state index < -0.39 is 0 Å². The van der Waals surface area contributed by atoms with E-state index in [1.165, 1.54) is 6.42 Å². The molecule has 5 nitrogen and oxygen atoms in total. The van der Waals surface area contributed by atoms with Gasteiger partial charge in [0.2, 0.25) is 5.91 Å². The highest BCUT2D eigenvalue weighted by Gasteiger charge is 2.06. The van der Waals surface area contributed by atoms with Crippen molar-refractivity contribution in [2.75, 3.05) is 27.2 Å². The van der Waals surface area contributed by atoms with Gasteiger partial charge in [0.05, 0.1) is 13.1 Å². The molecule has 1 aromatic rings. The van der Waals surface area contributed by atoms with Gasteiger partial charge in [-0.2, -0.15) is 0 Å². The van der Waals surface area contributed by atoms with Crippen LogP contribution in [0.5, 0.6) is 0 Å². The van der Waals surface area contributed by atoms with Crippen LogP contribution in [-0.2, 0) is 11.3 Å². The Morgan fingerprint density at radius 3 is 2.46 bits per heavy atom. The molecule has 1 aromatic carbocycles. The van der Waals surface area contributed by atoms with Gasteiger partial charge in [0.1, 0.15) is 0 Å². The SMILES string of the molecule is CC(C)CCCNC(=NCc1ccc(Br)cc1)NCC(=O)N(C)C. The number of nitrogens with zero attached hydrogens (tertiary/aromatic N) is 2. The van der Waals surface area contributed by atoms with Gasteiger partial charge in [0, 0.05) is 25.1 Å². The zero-order valence-corrected chi connectivity index (χ0v) is 16.7. The Balaban J connectivity index is 2.58. The number of carbonyl (C=O) groups excluding carboxylic acids is 1. The first-order valence-electron chi connectivity index (χ1n) is 8.35. The van der Waals surface area contributed by atoms with E-state index in [4.69, 9.17) is 0 Å². The number of hydrogen-bond donors (Lipinski definition) is 2. The summed E-state index contributed by atoms with van der Waals surface area (Å²) < 4.78 is 1.05. The number of benzene rings is 1. The van der Waals surface area contributed by atoms with Crippen LogP contribution < -0.4 is 10.6 Å². The quantitative estimate of drug-likeness (QED) is 0.403. The molecule has 0 saturated carbocycles. The van der Waals surface area contributed by atoms with Crippen LogP contribution in [0.25, 0.3) is 0 Å². The number of hydrogen-bond acceptors (Lipinski definition) is 2. The standard InChI is InChI=1S/C18H29BrN4O/c1-14(2)6-5-11-20-18(22-13-17(24)23(3)4)21-12-15-7-9-16(19)10-8-15/h7-10,14H,5-6,11-13H2,1-4H3,(H2,20,21,22). The number of aliphatic imine (C=N–C) groups is 1. The normalized spacial score (nSPS) is 11.5. The van der Waals surface area contributed by atoms with Crippen LogP contribution in [0.4, 0.5) is 0 Å². The second kappa shape index (κ2) is 11.1. The van der Waals surface area contributed by atoms with Crippen molar-refractivity contribution in [2.45, 2.75) is 33.2 Å². The van der Waals surface area contributed by atoms with E-state index in [1.54, 1.807) is 19.0 Å². The highest BCUT2D eigenvalue weighted by molar-refractivity contribution is 9.10. The molecule has 0 atom stereocenters. The Hall–Kier alpha value is -1.56. The molecule has 0 spiro atoms. The van der Waals surface area contributed by atoms with Crippen molar-refractivity contribution in [3.8, 4) is 0 Å². The first kappa shape index (κ1) is 20.5. The monoisotopic (exact) mass is 396 g/mol. The predicted octanol–water partition coefficient (Wildman–Crippen LogP) is 3.01. The fourth-order valence-corrected chi connectivity index (χ4v) is 2.23. The number of guanidine groups is 1. The summed E-state index contributed by atoms with van der Waals surface area (Å²) in [5, 5.41) is 6.42. The van der Waals surface area contributed by atoms with Gasteiger partial charge in [0.15, 0.2) is 5.96 Å². The predicted molar refractivity (Wildman–Crippen MR) is 104 cm³/mol. The van der Waals surface area contributed by atoms with E-state index in [0.29, 0.717) is 18.4 Å². The molecule has 0 unspecified atom stereocenters. The topological polar surface area (TPSA) is 56.7 Å². The highest BCUT2D eigenvalue weighted by atomic mass is 79.9. The molecule has 134 valence electrons. The maximum atomic E-state index is 11.8. The Morgan fingerprint density at radius 1 is 1.21 bits per heavy atom. The van der Waals surface area contributed by atoms with Gasteiger partial charge < -0.3 is 15.5 Å². The van der Waals surface area contributed by atoms with E-state index in [2.05, 4.69) is 45.4 Å². The number of rotatable bonds is 8. The minimum Gasteiger partial charge on any atom is -0.356 e. The van der Waals surface area contributed by atoms with Crippen molar-refractivity contribution >= 4 is 27.8 Å². The van der Waals surface area contributed by atoms with Crippen molar-refractivity contribution in [3.05, 3.63) is 34.3 Å². The van der Waals surface area contributed by atoms with E-state index in [9.17, 15) is 4.79 Å². The lowest BCUT2D eigenvalue weighted by molar-refractivity contribution is -0.127. The fourth-order valence-electron chi connectivity index (χ4n) is 1.97. The lowest BCUT2D eigenvalue weighted by Crippen LogP contribution is -2.43. The average Bonchev–Trinajstić information content (AvgIpc) is 2.54. The fraction of sp³-hybridized carbons (Fsp3) is 0.556. The molecule has 6 heteroatoms. The second-order valence-electron chi connectivity index (χ2n) is 6.40. The molecule has 0 heterocycles. The molecule has 0 aromatic heterocycles. The summed E-state index contributed by atoms with van der Waals surface area (Å²) >= 11 is 3.43. The molecule has 0 aliphatic heterocycles. The molecule has 0 radical (unpaired) electrons. The molecule has 1 amide bonds. The second-order valence-corrected chi connectivity index (χ2v) is 7.31.